The predicted molar refractivity (Wildman–Crippen MR) is 94.3 cm³/mol. The monoisotopic (exact) mass is 345 g/mol. The molecule has 1 aromatic carbocycles. The summed E-state index contributed by atoms with van der Waals surface area (Å²) in [5.74, 6) is 1.06. The fraction of sp³-hybridized carbons (Fsp3) is 0.588. The number of carbonyl (C=O) groups is 1. The number of nitrogens with zero attached hydrogens (tertiary/aromatic N) is 1. The number of halogens is 2. The molecule has 0 aliphatic heterocycles. The number of hydrogen-bond acceptors (Lipinski definition) is 3. The van der Waals surface area contributed by atoms with Gasteiger partial charge in [-0.05, 0) is 37.0 Å². The number of rotatable bonds is 11. The number of benzene rings is 1. The summed E-state index contributed by atoms with van der Waals surface area (Å²) in [7, 11) is 0. The van der Waals surface area contributed by atoms with Crippen molar-refractivity contribution in [3.8, 4) is 0 Å². The third kappa shape index (κ3) is 7.37. The van der Waals surface area contributed by atoms with Gasteiger partial charge in [-0.15, -0.1) is 23.2 Å². The van der Waals surface area contributed by atoms with Gasteiger partial charge in [0.1, 0.15) is 0 Å². The molecule has 0 saturated carbocycles. The molecular weight excluding hydrogens is 321 g/mol. The van der Waals surface area contributed by atoms with E-state index in [-0.39, 0.29) is 5.97 Å². The van der Waals surface area contributed by atoms with Gasteiger partial charge in [-0.1, -0.05) is 19.1 Å². The smallest absolute Gasteiger partial charge is 0.305 e. The van der Waals surface area contributed by atoms with Crippen molar-refractivity contribution < 1.29 is 9.53 Å². The predicted octanol–water partition coefficient (Wildman–Crippen LogP) is 4.25. The molecule has 0 bridgehead atoms. The molecule has 0 heterocycles. The van der Waals surface area contributed by atoms with Crippen molar-refractivity contribution in [2.24, 2.45) is 0 Å². The minimum Gasteiger partial charge on any atom is -0.466 e. The van der Waals surface area contributed by atoms with Crippen molar-refractivity contribution in [3.05, 3.63) is 29.8 Å². The summed E-state index contributed by atoms with van der Waals surface area (Å²) in [6.45, 7) is 4.09. The van der Waals surface area contributed by atoms with Crippen LogP contribution in [0.1, 0.15) is 31.7 Å². The third-order valence-electron chi connectivity index (χ3n) is 3.32. The van der Waals surface area contributed by atoms with E-state index in [0.717, 1.165) is 38.0 Å². The number of alkyl halides is 2. The van der Waals surface area contributed by atoms with Crippen molar-refractivity contribution >= 4 is 34.9 Å². The zero-order chi connectivity index (χ0) is 16.2. The van der Waals surface area contributed by atoms with Crippen LogP contribution >= 0.6 is 23.2 Å². The van der Waals surface area contributed by atoms with Gasteiger partial charge in [0.05, 0.1) is 6.61 Å². The minimum atomic E-state index is -0.103. The third-order valence-corrected chi connectivity index (χ3v) is 3.66. The fourth-order valence-electron chi connectivity index (χ4n) is 2.17. The van der Waals surface area contributed by atoms with Crippen molar-refractivity contribution in [2.75, 3.05) is 36.4 Å². The van der Waals surface area contributed by atoms with E-state index in [1.54, 1.807) is 0 Å². The van der Waals surface area contributed by atoms with Gasteiger partial charge in [-0.2, -0.15) is 0 Å². The summed E-state index contributed by atoms with van der Waals surface area (Å²) in [4.78, 5) is 13.6. The van der Waals surface area contributed by atoms with E-state index in [4.69, 9.17) is 27.9 Å². The van der Waals surface area contributed by atoms with Gasteiger partial charge >= 0.3 is 5.97 Å². The highest BCUT2D eigenvalue weighted by Gasteiger charge is 2.06. The van der Waals surface area contributed by atoms with Crippen LogP contribution < -0.4 is 4.90 Å². The summed E-state index contributed by atoms with van der Waals surface area (Å²) in [5, 5.41) is 0. The highest BCUT2D eigenvalue weighted by atomic mass is 35.5. The Balaban J connectivity index is 2.42. The van der Waals surface area contributed by atoms with E-state index < -0.39 is 0 Å². The van der Waals surface area contributed by atoms with Crippen molar-refractivity contribution in [2.45, 2.75) is 32.6 Å². The Morgan fingerprint density at radius 1 is 1.14 bits per heavy atom. The second kappa shape index (κ2) is 11.6. The van der Waals surface area contributed by atoms with Gasteiger partial charge < -0.3 is 9.64 Å². The van der Waals surface area contributed by atoms with Gasteiger partial charge in [-0.3, -0.25) is 4.79 Å². The van der Waals surface area contributed by atoms with Crippen LogP contribution in [0.15, 0.2) is 24.3 Å². The Kier molecular flexibility index (Phi) is 10.1. The molecule has 124 valence electrons. The van der Waals surface area contributed by atoms with Gasteiger partial charge in [0.25, 0.3) is 0 Å². The molecule has 0 aliphatic rings. The maximum atomic E-state index is 11.4. The van der Waals surface area contributed by atoms with E-state index >= 15 is 0 Å². The molecule has 0 radical (unpaired) electrons. The van der Waals surface area contributed by atoms with Crippen LogP contribution in [0.4, 0.5) is 5.69 Å². The lowest BCUT2D eigenvalue weighted by Gasteiger charge is -2.23. The molecule has 3 nitrogen and oxygen atoms in total. The second-order valence-electron chi connectivity index (χ2n) is 5.11. The second-order valence-corrected chi connectivity index (χ2v) is 5.86. The molecule has 22 heavy (non-hydrogen) atoms. The number of carbonyl (C=O) groups excluding carboxylic acids is 1. The van der Waals surface area contributed by atoms with Crippen LogP contribution in [-0.4, -0.2) is 37.4 Å². The zero-order valence-corrected chi connectivity index (χ0v) is 14.7. The quantitative estimate of drug-likeness (QED) is 0.443. The Morgan fingerprint density at radius 2 is 1.77 bits per heavy atom. The highest BCUT2D eigenvalue weighted by Crippen LogP contribution is 2.17. The summed E-state index contributed by atoms with van der Waals surface area (Å²) in [6.07, 6.45) is 3.04. The van der Waals surface area contributed by atoms with Crippen molar-refractivity contribution in [3.63, 3.8) is 0 Å². The summed E-state index contributed by atoms with van der Waals surface area (Å²) in [6, 6.07) is 8.37. The number of aryl methyl sites for hydroxylation is 1. The van der Waals surface area contributed by atoms with Crippen LogP contribution in [-0.2, 0) is 16.0 Å². The molecule has 0 fully saturated rings. The molecule has 0 aromatic heterocycles. The average Bonchev–Trinajstić information content (AvgIpc) is 2.53. The molecule has 1 aromatic rings. The SMILES string of the molecule is CCCOC(=O)CCCc1ccc(N(CCCl)CCCl)cc1. The lowest BCUT2D eigenvalue weighted by Crippen LogP contribution is -2.27. The molecular formula is C17H25Cl2NO2. The van der Waals surface area contributed by atoms with Crippen LogP contribution in [0.5, 0.6) is 0 Å². The molecule has 0 unspecified atom stereocenters. The maximum absolute atomic E-state index is 11.4. The van der Waals surface area contributed by atoms with E-state index in [9.17, 15) is 4.79 Å². The largest absolute Gasteiger partial charge is 0.466 e. The Morgan fingerprint density at radius 3 is 2.32 bits per heavy atom. The first-order valence-corrected chi connectivity index (χ1v) is 8.89. The van der Waals surface area contributed by atoms with Crippen molar-refractivity contribution in [1.29, 1.82) is 0 Å². The fourth-order valence-corrected chi connectivity index (χ4v) is 2.58. The number of esters is 1. The standard InChI is InChI=1S/C17H25Cl2NO2/c1-2-14-22-17(21)5-3-4-15-6-8-16(9-7-15)20(12-10-18)13-11-19/h6-9H,2-5,10-14H2,1H3. The Bertz CT molecular complexity index is 417. The van der Waals surface area contributed by atoms with Gasteiger partial charge in [0, 0.05) is 37.0 Å². The molecule has 0 N–H and O–H groups in total. The molecule has 0 saturated heterocycles. The minimum absolute atomic E-state index is 0.103. The number of anilines is 1. The van der Waals surface area contributed by atoms with Gasteiger partial charge in [0.2, 0.25) is 0 Å². The lowest BCUT2D eigenvalue weighted by atomic mass is 10.1. The molecule has 0 spiro atoms. The van der Waals surface area contributed by atoms with E-state index in [2.05, 4.69) is 29.2 Å². The van der Waals surface area contributed by atoms with E-state index in [1.165, 1.54) is 5.56 Å². The average molecular weight is 346 g/mol. The Labute approximate surface area is 143 Å². The topological polar surface area (TPSA) is 29.5 Å². The summed E-state index contributed by atoms with van der Waals surface area (Å²) in [5.41, 5.74) is 2.36. The molecule has 0 atom stereocenters. The van der Waals surface area contributed by atoms with Crippen LogP contribution in [0, 0.1) is 0 Å². The van der Waals surface area contributed by atoms with Crippen LogP contribution in [0.3, 0.4) is 0 Å². The molecule has 0 aliphatic carbocycles. The zero-order valence-electron chi connectivity index (χ0n) is 13.2. The summed E-state index contributed by atoms with van der Waals surface area (Å²) < 4.78 is 5.06. The van der Waals surface area contributed by atoms with E-state index in [0.29, 0.717) is 24.8 Å². The van der Waals surface area contributed by atoms with Crippen molar-refractivity contribution in [1.82, 2.24) is 0 Å². The highest BCUT2D eigenvalue weighted by molar-refractivity contribution is 6.18. The van der Waals surface area contributed by atoms with Gasteiger partial charge in [-0.25, -0.2) is 0 Å². The first-order valence-electron chi connectivity index (χ1n) is 7.82. The summed E-state index contributed by atoms with van der Waals surface area (Å²) >= 11 is 11.6. The Hall–Kier alpha value is -0.930. The molecule has 1 rings (SSSR count). The lowest BCUT2D eigenvalue weighted by molar-refractivity contribution is -0.143. The number of ether oxygens (including phenoxy) is 1. The van der Waals surface area contributed by atoms with Crippen LogP contribution in [0.2, 0.25) is 0 Å². The first-order chi connectivity index (χ1) is 10.7. The first kappa shape index (κ1) is 19.1. The normalized spacial score (nSPS) is 10.5. The molecule has 0 amide bonds. The number of hydrogen-bond donors (Lipinski definition) is 0. The van der Waals surface area contributed by atoms with Crippen LogP contribution in [0.25, 0.3) is 0 Å². The maximum Gasteiger partial charge on any atom is 0.305 e. The van der Waals surface area contributed by atoms with E-state index in [1.807, 2.05) is 6.92 Å². The molecule has 5 heteroatoms. The van der Waals surface area contributed by atoms with Gasteiger partial charge in [0.15, 0.2) is 0 Å².